The lowest BCUT2D eigenvalue weighted by Crippen LogP contribution is -2.17. The molecule has 0 aromatic rings. The van der Waals surface area contributed by atoms with Gasteiger partial charge < -0.3 is 14.2 Å². The summed E-state index contributed by atoms with van der Waals surface area (Å²) in [5.74, 6) is -0.628. The van der Waals surface area contributed by atoms with Crippen molar-refractivity contribution in [2.75, 3.05) is 19.8 Å². The van der Waals surface area contributed by atoms with Gasteiger partial charge in [-0.1, -0.05) is 116 Å². The predicted octanol–water partition coefficient (Wildman–Crippen LogP) is 8.26. The molecule has 1 aliphatic rings. The molecule has 5 heteroatoms. The lowest BCUT2D eigenvalue weighted by molar-refractivity contribution is -0.142. The molecule has 1 atom stereocenters. The van der Waals surface area contributed by atoms with Gasteiger partial charge in [-0.05, 0) is 26.2 Å². The molecule has 1 heterocycles. The van der Waals surface area contributed by atoms with Crippen LogP contribution in [0.15, 0.2) is 24.8 Å². The van der Waals surface area contributed by atoms with Gasteiger partial charge in [-0.3, -0.25) is 0 Å². The highest BCUT2D eigenvalue weighted by Gasteiger charge is 2.17. The first-order chi connectivity index (χ1) is 17.0. The van der Waals surface area contributed by atoms with E-state index in [1.807, 2.05) is 0 Å². The third kappa shape index (κ3) is 23.9. The molecule has 1 aliphatic heterocycles. The van der Waals surface area contributed by atoms with Crippen LogP contribution in [0.2, 0.25) is 0 Å². The third-order valence-corrected chi connectivity index (χ3v) is 6.18. The van der Waals surface area contributed by atoms with Crippen LogP contribution < -0.4 is 0 Å². The van der Waals surface area contributed by atoms with Crippen molar-refractivity contribution in [1.82, 2.24) is 0 Å². The average Bonchev–Trinajstić information content (AvgIpc) is 3.38. The number of carbonyl (C=O) groups is 2. The number of hydrogen-bond acceptors (Lipinski definition) is 5. The molecular formula is C30H54O5. The number of unbranched alkanes of at least 4 members (excludes halogenated alkanes) is 15. The number of hydrogen-bond donors (Lipinski definition) is 0. The van der Waals surface area contributed by atoms with E-state index in [4.69, 9.17) is 14.2 Å². The van der Waals surface area contributed by atoms with Gasteiger partial charge in [-0.25, -0.2) is 9.59 Å². The zero-order valence-corrected chi connectivity index (χ0v) is 23.0. The largest absolute Gasteiger partial charge is 0.463 e. The van der Waals surface area contributed by atoms with Crippen molar-refractivity contribution in [1.29, 1.82) is 0 Å². The lowest BCUT2D eigenvalue weighted by Gasteiger charge is -2.09. The SMILES string of the molecule is C=C(C)C(=O)OCC1CCCO1.C=CC(=O)OCCCCCCCCCCCCCCCCCC. The predicted molar refractivity (Wildman–Crippen MR) is 145 cm³/mol. The Balaban J connectivity index is 0.000000801. The normalized spacial score (nSPS) is 14.6. The molecule has 0 aliphatic carbocycles. The van der Waals surface area contributed by atoms with Crippen LogP contribution in [-0.4, -0.2) is 37.9 Å². The summed E-state index contributed by atoms with van der Waals surface area (Å²) in [5.41, 5.74) is 0.438. The van der Waals surface area contributed by atoms with E-state index in [1.165, 1.54) is 102 Å². The van der Waals surface area contributed by atoms with E-state index in [0.29, 0.717) is 18.8 Å². The topological polar surface area (TPSA) is 61.8 Å². The highest BCUT2D eigenvalue weighted by Crippen LogP contribution is 2.14. The average molecular weight is 495 g/mol. The molecule has 0 N–H and O–H groups in total. The van der Waals surface area contributed by atoms with Crippen LogP contribution in [0, 0.1) is 0 Å². The maximum Gasteiger partial charge on any atom is 0.333 e. The number of carbonyl (C=O) groups excluding carboxylic acids is 2. The van der Waals surface area contributed by atoms with Crippen LogP contribution in [0.1, 0.15) is 129 Å². The van der Waals surface area contributed by atoms with Crippen LogP contribution in [0.25, 0.3) is 0 Å². The zero-order valence-electron chi connectivity index (χ0n) is 23.0. The maximum atomic E-state index is 10.9. The smallest absolute Gasteiger partial charge is 0.333 e. The van der Waals surface area contributed by atoms with E-state index in [-0.39, 0.29) is 18.0 Å². The fraction of sp³-hybridized carbons (Fsp3) is 0.800. The van der Waals surface area contributed by atoms with E-state index in [1.54, 1.807) is 6.92 Å². The number of esters is 2. The molecule has 1 unspecified atom stereocenters. The van der Waals surface area contributed by atoms with E-state index in [2.05, 4.69) is 20.1 Å². The van der Waals surface area contributed by atoms with Crippen LogP contribution in [-0.2, 0) is 23.8 Å². The minimum atomic E-state index is -0.328. The van der Waals surface area contributed by atoms with E-state index >= 15 is 0 Å². The minimum absolute atomic E-state index is 0.105. The number of rotatable bonds is 21. The molecule has 204 valence electrons. The first-order valence-corrected chi connectivity index (χ1v) is 14.2. The Kier molecular flexibility index (Phi) is 24.3. The first-order valence-electron chi connectivity index (χ1n) is 14.2. The van der Waals surface area contributed by atoms with Gasteiger partial charge in [0.25, 0.3) is 0 Å². The molecule has 0 aromatic heterocycles. The Bertz CT molecular complexity index is 537. The van der Waals surface area contributed by atoms with Crippen molar-refractivity contribution in [2.24, 2.45) is 0 Å². The minimum Gasteiger partial charge on any atom is -0.463 e. The summed E-state index contributed by atoms with van der Waals surface area (Å²) in [4.78, 5) is 21.8. The molecule has 0 bridgehead atoms. The molecule has 0 amide bonds. The van der Waals surface area contributed by atoms with Crippen molar-refractivity contribution in [3.63, 3.8) is 0 Å². The van der Waals surface area contributed by atoms with Gasteiger partial charge in [0.1, 0.15) is 6.61 Å². The summed E-state index contributed by atoms with van der Waals surface area (Å²) < 4.78 is 15.2. The highest BCUT2D eigenvalue weighted by molar-refractivity contribution is 5.86. The van der Waals surface area contributed by atoms with Crippen LogP contribution in [0.3, 0.4) is 0 Å². The summed E-state index contributed by atoms with van der Waals surface area (Å²) in [5, 5.41) is 0. The molecular weight excluding hydrogens is 440 g/mol. The van der Waals surface area contributed by atoms with Gasteiger partial charge >= 0.3 is 11.9 Å². The highest BCUT2D eigenvalue weighted by atomic mass is 16.6. The molecule has 35 heavy (non-hydrogen) atoms. The van der Waals surface area contributed by atoms with Crippen molar-refractivity contribution in [2.45, 2.75) is 136 Å². The van der Waals surface area contributed by atoms with Gasteiger partial charge in [0, 0.05) is 18.3 Å². The second-order valence-electron chi connectivity index (χ2n) is 9.69. The Labute approximate surface area is 216 Å². The molecule has 0 radical (unpaired) electrons. The van der Waals surface area contributed by atoms with Gasteiger partial charge in [0.15, 0.2) is 0 Å². The first kappa shape index (κ1) is 33.4. The van der Waals surface area contributed by atoms with Crippen molar-refractivity contribution in [3.8, 4) is 0 Å². The Morgan fingerprint density at radius 1 is 0.829 bits per heavy atom. The quantitative estimate of drug-likeness (QED) is 0.0913. The van der Waals surface area contributed by atoms with Crippen molar-refractivity contribution >= 4 is 11.9 Å². The van der Waals surface area contributed by atoms with E-state index in [0.717, 1.165) is 25.9 Å². The summed E-state index contributed by atoms with van der Waals surface area (Å²) >= 11 is 0. The summed E-state index contributed by atoms with van der Waals surface area (Å²) in [6.45, 7) is 12.5. The molecule has 0 aromatic carbocycles. The summed E-state index contributed by atoms with van der Waals surface area (Å²) in [7, 11) is 0. The molecule has 0 spiro atoms. The van der Waals surface area contributed by atoms with Crippen LogP contribution in [0.4, 0.5) is 0 Å². The molecule has 1 rings (SSSR count). The number of ether oxygens (including phenoxy) is 3. The maximum absolute atomic E-state index is 10.9. The molecule has 1 fully saturated rings. The van der Waals surface area contributed by atoms with E-state index in [9.17, 15) is 9.59 Å². The third-order valence-electron chi connectivity index (χ3n) is 6.18. The second kappa shape index (κ2) is 25.5. The fourth-order valence-corrected chi connectivity index (χ4v) is 3.95. The van der Waals surface area contributed by atoms with Crippen LogP contribution >= 0.6 is 0 Å². The molecule has 0 saturated carbocycles. The van der Waals surface area contributed by atoms with Crippen LogP contribution in [0.5, 0.6) is 0 Å². The van der Waals surface area contributed by atoms with Gasteiger partial charge in [-0.15, -0.1) is 0 Å². The van der Waals surface area contributed by atoms with E-state index < -0.39 is 0 Å². The van der Waals surface area contributed by atoms with Crippen molar-refractivity contribution < 1.29 is 23.8 Å². The standard InChI is InChI=1S/C21H40O2.C9H14O3/c1-3-5-6-7-8-9-10-11-12-13-14-15-16-17-18-19-20-23-21(22)4-2;1-7(2)9(10)12-6-8-4-3-5-11-8/h4H,2-3,5-20H2,1H3;8H,1,3-6H2,2H3. The Morgan fingerprint density at radius 3 is 1.71 bits per heavy atom. The zero-order chi connectivity index (χ0) is 26.0. The Hall–Kier alpha value is -1.62. The summed E-state index contributed by atoms with van der Waals surface area (Å²) in [6, 6.07) is 0. The molecule has 1 saturated heterocycles. The van der Waals surface area contributed by atoms with Gasteiger partial charge in [0.2, 0.25) is 0 Å². The fourth-order valence-electron chi connectivity index (χ4n) is 3.95. The van der Waals surface area contributed by atoms with Crippen molar-refractivity contribution in [3.05, 3.63) is 24.8 Å². The lowest BCUT2D eigenvalue weighted by atomic mass is 10.0. The van der Waals surface area contributed by atoms with Gasteiger partial charge in [0.05, 0.1) is 12.7 Å². The summed E-state index contributed by atoms with van der Waals surface area (Å²) in [6.07, 6.45) is 25.1. The Morgan fingerprint density at radius 2 is 1.31 bits per heavy atom. The van der Waals surface area contributed by atoms with Gasteiger partial charge in [-0.2, -0.15) is 0 Å². The monoisotopic (exact) mass is 494 g/mol. The second-order valence-corrected chi connectivity index (χ2v) is 9.69. The molecule has 5 nitrogen and oxygen atoms in total.